The van der Waals surface area contributed by atoms with Gasteiger partial charge in [0.2, 0.25) is 0 Å². The summed E-state index contributed by atoms with van der Waals surface area (Å²) in [5.41, 5.74) is 11.1. The molecule has 3 heterocycles. The van der Waals surface area contributed by atoms with Crippen molar-refractivity contribution < 1.29 is 4.42 Å². The summed E-state index contributed by atoms with van der Waals surface area (Å²) >= 11 is 0. The maximum absolute atomic E-state index is 6.31. The molecule has 0 aliphatic rings. The predicted octanol–water partition coefficient (Wildman–Crippen LogP) is 12.8. The third-order valence-corrected chi connectivity index (χ3v) is 18.2. The number of hydrogen-bond donors (Lipinski definition) is 0. The molecule has 13 rings (SSSR count). The smallest absolute Gasteiger partial charge is 0.179 e. The molecule has 3 aromatic heterocycles. The first-order chi connectivity index (χ1) is 31.7. The Morgan fingerprint density at radius 1 is 0.266 bits per heavy atom. The summed E-state index contributed by atoms with van der Waals surface area (Å²) in [6.45, 7) is 0. The van der Waals surface area contributed by atoms with Gasteiger partial charge in [-0.15, -0.1) is 0 Å². The molecule has 0 unspecified atom stereocenters. The van der Waals surface area contributed by atoms with E-state index < -0.39 is 8.07 Å². The molecule has 3 nitrogen and oxygen atoms in total. The van der Waals surface area contributed by atoms with E-state index in [0.717, 1.165) is 44.4 Å². The van der Waals surface area contributed by atoms with Crippen molar-refractivity contribution in [3.05, 3.63) is 243 Å². The molecule has 64 heavy (non-hydrogen) atoms. The molecule has 0 bridgehead atoms. The van der Waals surface area contributed by atoms with Crippen molar-refractivity contribution in [1.82, 2.24) is 9.13 Å². The molecule has 0 aliphatic carbocycles. The Hall–Kier alpha value is -8.18. The lowest BCUT2D eigenvalue weighted by atomic mass is 10.0. The van der Waals surface area contributed by atoms with Crippen molar-refractivity contribution in [2.75, 3.05) is 0 Å². The van der Waals surface area contributed by atoms with Gasteiger partial charge < -0.3 is 13.6 Å². The summed E-state index contributed by atoms with van der Waals surface area (Å²) in [6, 6.07) is 89.4. The lowest BCUT2D eigenvalue weighted by Crippen LogP contribution is -2.74. The van der Waals surface area contributed by atoms with Gasteiger partial charge in [-0.1, -0.05) is 176 Å². The van der Waals surface area contributed by atoms with Crippen LogP contribution in [0.5, 0.6) is 0 Å². The molecule has 0 radical (unpaired) electrons. The highest BCUT2D eigenvalue weighted by atomic mass is 28.3. The van der Waals surface area contributed by atoms with Crippen LogP contribution in [-0.4, -0.2) is 17.2 Å². The van der Waals surface area contributed by atoms with Crippen molar-refractivity contribution in [2.24, 2.45) is 0 Å². The molecule has 0 amide bonds. The molecule has 0 aliphatic heterocycles. The number of fused-ring (bicyclic) bond motifs is 9. The van der Waals surface area contributed by atoms with E-state index in [1.54, 1.807) is 0 Å². The first-order valence-electron chi connectivity index (χ1n) is 22.0. The minimum atomic E-state index is -2.77. The normalized spacial score (nSPS) is 12.1. The van der Waals surface area contributed by atoms with E-state index in [4.69, 9.17) is 4.42 Å². The second kappa shape index (κ2) is 14.5. The van der Waals surface area contributed by atoms with Gasteiger partial charge in [-0.05, 0) is 98.6 Å². The zero-order chi connectivity index (χ0) is 42.2. The SMILES string of the molecule is c1ccc([Si](c2ccccc2)(c2ccccc2)c2cccc(-n3c4ccccc4c4ccc(-n5c6ccccc6c6cc(-c7ccc8c(c7)oc7ccccc78)ccc65)cc43)c2)cc1. The number of aromatic nitrogens is 2. The van der Waals surface area contributed by atoms with Gasteiger partial charge in [0.25, 0.3) is 0 Å². The Morgan fingerprint density at radius 2 is 0.734 bits per heavy atom. The third-order valence-electron chi connectivity index (χ3n) is 13.5. The fraction of sp³-hybridized carbons (Fsp3) is 0. The summed E-state index contributed by atoms with van der Waals surface area (Å²) in [7, 11) is -2.77. The number of furan rings is 1. The summed E-state index contributed by atoms with van der Waals surface area (Å²) in [6.07, 6.45) is 0. The lowest BCUT2D eigenvalue weighted by Gasteiger charge is -2.34. The van der Waals surface area contributed by atoms with Crippen LogP contribution in [0.2, 0.25) is 0 Å². The average Bonchev–Trinajstić information content (AvgIpc) is 4.02. The van der Waals surface area contributed by atoms with Gasteiger partial charge in [-0.2, -0.15) is 0 Å². The summed E-state index contributed by atoms with van der Waals surface area (Å²) in [5.74, 6) is 0. The van der Waals surface area contributed by atoms with Crippen LogP contribution >= 0.6 is 0 Å². The van der Waals surface area contributed by atoms with Crippen LogP contribution in [-0.2, 0) is 0 Å². The van der Waals surface area contributed by atoms with Crippen LogP contribution in [0.1, 0.15) is 0 Å². The minimum Gasteiger partial charge on any atom is -0.456 e. The van der Waals surface area contributed by atoms with Gasteiger partial charge in [0.1, 0.15) is 11.2 Å². The molecule has 0 saturated heterocycles. The first-order valence-corrected chi connectivity index (χ1v) is 24.0. The van der Waals surface area contributed by atoms with Crippen LogP contribution in [0, 0.1) is 0 Å². The monoisotopic (exact) mass is 832 g/mol. The van der Waals surface area contributed by atoms with E-state index in [1.807, 2.05) is 12.1 Å². The fourth-order valence-electron chi connectivity index (χ4n) is 10.7. The summed E-state index contributed by atoms with van der Waals surface area (Å²) in [4.78, 5) is 0. The second-order valence-corrected chi connectivity index (χ2v) is 20.7. The van der Waals surface area contributed by atoms with Crippen LogP contribution < -0.4 is 20.7 Å². The quantitative estimate of drug-likeness (QED) is 0.116. The Balaban J connectivity index is 1.01. The van der Waals surface area contributed by atoms with Crippen molar-refractivity contribution in [1.29, 1.82) is 0 Å². The Morgan fingerprint density at radius 3 is 1.42 bits per heavy atom. The Labute approximate surface area is 371 Å². The van der Waals surface area contributed by atoms with Gasteiger partial charge in [0.05, 0.1) is 22.1 Å². The first kappa shape index (κ1) is 36.5. The highest BCUT2D eigenvalue weighted by molar-refractivity contribution is 7.19. The molecule has 0 N–H and O–H groups in total. The van der Waals surface area contributed by atoms with Gasteiger partial charge in [-0.3, -0.25) is 0 Å². The largest absolute Gasteiger partial charge is 0.456 e. The average molecular weight is 833 g/mol. The van der Waals surface area contributed by atoms with Crippen LogP contribution in [0.4, 0.5) is 0 Å². The molecular formula is C60H40N2OSi. The molecule has 10 aromatic carbocycles. The van der Waals surface area contributed by atoms with Crippen molar-refractivity contribution >= 4 is 94.4 Å². The minimum absolute atomic E-state index is 0.906. The van der Waals surface area contributed by atoms with Crippen molar-refractivity contribution in [3.63, 3.8) is 0 Å². The van der Waals surface area contributed by atoms with Gasteiger partial charge in [0, 0.05) is 43.7 Å². The fourth-order valence-corrected chi connectivity index (χ4v) is 15.4. The summed E-state index contributed by atoms with van der Waals surface area (Å²) < 4.78 is 11.2. The van der Waals surface area contributed by atoms with E-state index in [0.29, 0.717) is 0 Å². The van der Waals surface area contributed by atoms with Gasteiger partial charge in [-0.25, -0.2) is 0 Å². The number of benzene rings is 10. The molecule has 4 heteroatoms. The molecule has 13 aromatic rings. The standard InChI is InChI=1S/C60H40N2OSi/c1-4-18-45(19-5-1)64(46-20-6-2-7-21-46,47-22-8-3-9-23-47)48-24-16-17-43(39-48)62-55-28-13-10-25-49(55)51-35-33-44(40-58(51)62)61-56-29-14-11-26-50(56)54-37-41(32-36-57(54)61)42-31-34-53-52-27-12-15-30-59(52)63-60(53)38-42/h1-40H. The molecule has 0 spiro atoms. The maximum Gasteiger partial charge on any atom is 0.179 e. The van der Waals surface area contributed by atoms with E-state index >= 15 is 0 Å². The van der Waals surface area contributed by atoms with Crippen molar-refractivity contribution in [3.8, 4) is 22.5 Å². The molecular weight excluding hydrogens is 793 g/mol. The van der Waals surface area contributed by atoms with Gasteiger partial charge in [0.15, 0.2) is 8.07 Å². The number of nitrogens with zero attached hydrogens (tertiary/aromatic N) is 2. The van der Waals surface area contributed by atoms with Crippen molar-refractivity contribution in [2.45, 2.75) is 0 Å². The third kappa shape index (κ3) is 5.46. The van der Waals surface area contributed by atoms with E-state index in [-0.39, 0.29) is 0 Å². The predicted molar refractivity (Wildman–Crippen MR) is 271 cm³/mol. The van der Waals surface area contributed by atoms with E-state index in [9.17, 15) is 0 Å². The number of hydrogen-bond acceptors (Lipinski definition) is 1. The lowest BCUT2D eigenvalue weighted by molar-refractivity contribution is 0.669. The van der Waals surface area contributed by atoms with E-state index in [1.165, 1.54) is 64.4 Å². The van der Waals surface area contributed by atoms with Crippen LogP contribution in [0.15, 0.2) is 247 Å². The number of rotatable bonds is 7. The van der Waals surface area contributed by atoms with Crippen LogP contribution in [0.3, 0.4) is 0 Å². The molecule has 0 fully saturated rings. The second-order valence-electron chi connectivity index (χ2n) is 16.8. The maximum atomic E-state index is 6.31. The topological polar surface area (TPSA) is 23.0 Å². The highest BCUT2D eigenvalue weighted by Crippen LogP contribution is 2.39. The highest BCUT2D eigenvalue weighted by Gasteiger charge is 2.41. The molecule has 0 atom stereocenters. The Kier molecular flexibility index (Phi) is 8.23. The number of para-hydroxylation sites is 3. The zero-order valence-electron chi connectivity index (χ0n) is 34.9. The zero-order valence-corrected chi connectivity index (χ0v) is 35.9. The van der Waals surface area contributed by atoms with E-state index in [2.05, 4.69) is 240 Å². The summed E-state index contributed by atoms with van der Waals surface area (Å²) in [5, 5.41) is 12.6. The molecule has 300 valence electrons. The van der Waals surface area contributed by atoms with Gasteiger partial charge >= 0.3 is 0 Å². The Bertz CT molecular complexity index is 3800. The molecule has 0 saturated carbocycles. The van der Waals surface area contributed by atoms with Crippen LogP contribution in [0.25, 0.3) is 88.1 Å².